The number of amides is 1. The predicted octanol–water partition coefficient (Wildman–Crippen LogP) is 7.42. The minimum absolute atomic E-state index is 0.0452. The number of aliphatic imine (C=N–C) groups is 1. The number of carbonyl (C=O) groups is 1. The zero-order chi connectivity index (χ0) is 32.4. The molecule has 0 bridgehead atoms. The Hall–Kier alpha value is -4.53. The van der Waals surface area contributed by atoms with Gasteiger partial charge >= 0.3 is 0 Å². The minimum atomic E-state index is -1.41. The van der Waals surface area contributed by atoms with Crippen molar-refractivity contribution in [2.45, 2.75) is 37.5 Å². The van der Waals surface area contributed by atoms with Crippen LogP contribution in [0.2, 0.25) is 10.0 Å². The lowest BCUT2D eigenvalue weighted by molar-refractivity contribution is -0.128. The highest BCUT2D eigenvalue weighted by Crippen LogP contribution is 2.44. The van der Waals surface area contributed by atoms with Crippen molar-refractivity contribution in [2.75, 3.05) is 19.8 Å². The van der Waals surface area contributed by atoms with Crippen LogP contribution in [0.25, 0.3) is 10.4 Å². The molecule has 0 saturated heterocycles. The maximum Gasteiger partial charge on any atom is 0.252 e. The fraction of sp³-hybridized carbons (Fsp3) is 0.257. The van der Waals surface area contributed by atoms with E-state index in [0.29, 0.717) is 58.8 Å². The average molecular weight is 659 g/mol. The molecular weight excluding hydrogens is 625 g/mol. The molecule has 0 saturated carbocycles. The summed E-state index contributed by atoms with van der Waals surface area (Å²) in [5, 5.41) is 17.0. The number of halogens is 2. The standard InChI is InChI=1S/C35H33Cl2N5O4/c36-28-14-11-25(31(37)21-28)17-18-39-34(44)35(22-24-7-2-1-3-8-24)32(30-10-5-4-9-27(30)23-40-42-38)46-33(41-35)26-12-15-29(16-13-26)45-20-6-19-43/h1-5,7-16,21,32,43H,6,17-20,22-23H2,(H,39,44)/t32-,35-/m1/s1. The first-order valence-electron chi connectivity index (χ1n) is 14.9. The molecule has 0 radical (unpaired) electrons. The number of ether oxygens (including phenoxy) is 2. The normalized spacial score (nSPS) is 17.0. The molecule has 1 aliphatic rings. The van der Waals surface area contributed by atoms with Gasteiger partial charge < -0.3 is 19.9 Å². The first kappa shape index (κ1) is 32.9. The van der Waals surface area contributed by atoms with Crippen molar-refractivity contribution < 1.29 is 19.4 Å². The van der Waals surface area contributed by atoms with Crippen LogP contribution in [-0.4, -0.2) is 42.2 Å². The van der Waals surface area contributed by atoms with Crippen LogP contribution < -0.4 is 10.1 Å². The van der Waals surface area contributed by atoms with E-state index < -0.39 is 11.6 Å². The molecule has 46 heavy (non-hydrogen) atoms. The largest absolute Gasteiger partial charge is 0.494 e. The van der Waals surface area contributed by atoms with Gasteiger partial charge in [-0.25, -0.2) is 4.99 Å². The average Bonchev–Trinajstić information content (AvgIpc) is 3.46. The van der Waals surface area contributed by atoms with Crippen LogP contribution in [0.1, 0.15) is 40.3 Å². The third-order valence-electron chi connectivity index (χ3n) is 7.68. The molecule has 236 valence electrons. The Kier molecular flexibility index (Phi) is 11.2. The lowest BCUT2D eigenvalue weighted by atomic mass is 9.80. The van der Waals surface area contributed by atoms with E-state index in [2.05, 4.69) is 15.3 Å². The Morgan fingerprint density at radius 2 is 1.78 bits per heavy atom. The Balaban J connectivity index is 1.55. The summed E-state index contributed by atoms with van der Waals surface area (Å²) in [6, 6.07) is 29.7. The fourth-order valence-electron chi connectivity index (χ4n) is 5.40. The van der Waals surface area contributed by atoms with E-state index in [-0.39, 0.29) is 25.5 Å². The first-order valence-corrected chi connectivity index (χ1v) is 15.6. The molecule has 0 unspecified atom stereocenters. The van der Waals surface area contributed by atoms with Crippen LogP contribution >= 0.6 is 23.2 Å². The molecule has 2 N–H and O–H groups in total. The summed E-state index contributed by atoms with van der Waals surface area (Å²) < 4.78 is 12.3. The summed E-state index contributed by atoms with van der Waals surface area (Å²) in [5.41, 5.74) is 11.5. The lowest BCUT2D eigenvalue weighted by Crippen LogP contribution is -2.50. The quantitative estimate of drug-likeness (QED) is 0.0632. The summed E-state index contributed by atoms with van der Waals surface area (Å²) in [4.78, 5) is 22.5. The Morgan fingerprint density at radius 1 is 1.02 bits per heavy atom. The third kappa shape index (κ3) is 7.81. The van der Waals surface area contributed by atoms with Gasteiger partial charge in [0.15, 0.2) is 11.6 Å². The summed E-state index contributed by atoms with van der Waals surface area (Å²) in [5.74, 6) is 0.627. The molecule has 1 aliphatic heterocycles. The number of carbonyl (C=O) groups excluding carboxylic acids is 1. The van der Waals surface area contributed by atoms with E-state index in [1.54, 1.807) is 24.3 Å². The van der Waals surface area contributed by atoms with Gasteiger partial charge in [-0.05, 0) is 70.6 Å². The summed E-state index contributed by atoms with van der Waals surface area (Å²) in [6.45, 7) is 0.816. The topological polar surface area (TPSA) is 129 Å². The second-order valence-electron chi connectivity index (χ2n) is 10.8. The Bertz CT molecular complexity index is 1730. The summed E-state index contributed by atoms with van der Waals surface area (Å²) in [6.07, 6.45) is 0.410. The monoisotopic (exact) mass is 657 g/mol. The van der Waals surface area contributed by atoms with Crippen molar-refractivity contribution in [3.8, 4) is 5.75 Å². The van der Waals surface area contributed by atoms with Gasteiger partial charge in [0, 0.05) is 46.5 Å². The smallest absolute Gasteiger partial charge is 0.252 e. The van der Waals surface area contributed by atoms with Crippen molar-refractivity contribution in [2.24, 2.45) is 10.1 Å². The van der Waals surface area contributed by atoms with Gasteiger partial charge in [0.25, 0.3) is 5.91 Å². The molecule has 0 fully saturated rings. The van der Waals surface area contributed by atoms with Crippen LogP contribution in [0, 0.1) is 0 Å². The van der Waals surface area contributed by atoms with Gasteiger partial charge in [0.1, 0.15) is 5.75 Å². The first-order chi connectivity index (χ1) is 22.4. The van der Waals surface area contributed by atoms with Gasteiger partial charge in [-0.1, -0.05) is 89.0 Å². The van der Waals surface area contributed by atoms with E-state index in [1.165, 1.54) is 0 Å². The molecule has 4 aromatic rings. The van der Waals surface area contributed by atoms with Crippen LogP contribution in [-0.2, 0) is 28.9 Å². The van der Waals surface area contributed by atoms with Crippen molar-refractivity contribution in [3.63, 3.8) is 0 Å². The zero-order valence-corrected chi connectivity index (χ0v) is 26.5. The molecule has 2 atom stereocenters. The second kappa shape index (κ2) is 15.7. The van der Waals surface area contributed by atoms with Crippen molar-refractivity contribution >= 4 is 35.0 Å². The van der Waals surface area contributed by atoms with Gasteiger partial charge in [0.05, 0.1) is 13.2 Å². The fourth-order valence-corrected chi connectivity index (χ4v) is 5.90. The van der Waals surface area contributed by atoms with Gasteiger partial charge in [0.2, 0.25) is 5.90 Å². The van der Waals surface area contributed by atoms with Gasteiger partial charge in [-0.2, -0.15) is 0 Å². The molecule has 11 heteroatoms. The Morgan fingerprint density at radius 3 is 2.52 bits per heavy atom. The van der Waals surface area contributed by atoms with Crippen LogP contribution in [0.3, 0.4) is 0 Å². The number of nitrogens with one attached hydrogen (secondary N) is 1. The lowest BCUT2D eigenvalue weighted by Gasteiger charge is -2.32. The van der Waals surface area contributed by atoms with E-state index in [0.717, 1.165) is 16.7 Å². The maximum absolute atomic E-state index is 14.5. The zero-order valence-electron chi connectivity index (χ0n) is 25.0. The highest BCUT2D eigenvalue weighted by molar-refractivity contribution is 6.35. The van der Waals surface area contributed by atoms with E-state index >= 15 is 0 Å². The molecular formula is C35H33Cl2N5O4. The predicted molar refractivity (Wildman–Crippen MR) is 179 cm³/mol. The number of azide groups is 1. The summed E-state index contributed by atoms with van der Waals surface area (Å²) in [7, 11) is 0. The molecule has 0 aromatic heterocycles. The van der Waals surface area contributed by atoms with Gasteiger partial charge in [-0.15, -0.1) is 0 Å². The number of benzene rings is 4. The molecule has 4 aromatic carbocycles. The van der Waals surface area contributed by atoms with E-state index in [4.69, 9.17) is 48.3 Å². The number of nitrogens with zero attached hydrogens (tertiary/aromatic N) is 4. The summed E-state index contributed by atoms with van der Waals surface area (Å²) >= 11 is 12.5. The highest BCUT2D eigenvalue weighted by Gasteiger charge is 2.53. The third-order valence-corrected chi connectivity index (χ3v) is 8.27. The second-order valence-corrected chi connectivity index (χ2v) is 11.6. The van der Waals surface area contributed by atoms with Gasteiger partial charge in [-0.3, -0.25) is 4.79 Å². The molecule has 0 spiro atoms. The van der Waals surface area contributed by atoms with Crippen molar-refractivity contribution in [3.05, 3.63) is 145 Å². The number of aliphatic hydroxyl groups excluding tert-OH is 1. The molecule has 0 aliphatic carbocycles. The van der Waals surface area contributed by atoms with E-state index in [9.17, 15) is 4.79 Å². The minimum Gasteiger partial charge on any atom is -0.494 e. The van der Waals surface area contributed by atoms with Crippen molar-refractivity contribution in [1.29, 1.82) is 0 Å². The number of rotatable bonds is 14. The Labute approximate surface area is 277 Å². The molecule has 1 amide bonds. The number of aliphatic hydroxyl groups is 1. The number of hydrogen-bond acceptors (Lipinski definition) is 6. The molecule has 1 heterocycles. The molecule has 9 nitrogen and oxygen atoms in total. The van der Waals surface area contributed by atoms with Crippen LogP contribution in [0.15, 0.2) is 107 Å². The maximum atomic E-state index is 14.5. The molecule has 5 rings (SSSR count). The number of hydrogen-bond donors (Lipinski definition) is 2. The van der Waals surface area contributed by atoms with Crippen LogP contribution in [0.4, 0.5) is 0 Å². The van der Waals surface area contributed by atoms with Crippen LogP contribution in [0.5, 0.6) is 5.75 Å². The highest BCUT2D eigenvalue weighted by atomic mass is 35.5. The van der Waals surface area contributed by atoms with Crippen molar-refractivity contribution in [1.82, 2.24) is 5.32 Å². The SMILES string of the molecule is [N-]=[N+]=NCc1ccccc1[C@H]1OC(c2ccc(OCCCO)cc2)=N[C@@]1(Cc1ccccc1)C(=O)NCCc1ccc(Cl)cc1Cl. The van der Waals surface area contributed by atoms with E-state index in [1.807, 2.05) is 72.8 Å².